The summed E-state index contributed by atoms with van der Waals surface area (Å²) in [7, 11) is 0. The summed E-state index contributed by atoms with van der Waals surface area (Å²) in [4.78, 5) is 0. The molecule has 0 saturated carbocycles. The molecule has 1 aromatic carbocycles. The van der Waals surface area contributed by atoms with Crippen LogP contribution in [0.5, 0.6) is 0 Å². The highest BCUT2D eigenvalue weighted by molar-refractivity contribution is 5.82. The maximum atomic E-state index is 10.5. The molecule has 2 aromatic rings. The van der Waals surface area contributed by atoms with E-state index in [-0.39, 0.29) is 18.1 Å². The number of benzene rings is 1. The van der Waals surface area contributed by atoms with E-state index in [9.17, 15) is 5.11 Å². The number of rotatable bonds is 4. The van der Waals surface area contributed by atoms with Gasteiger partial charge >= 0.3 is 0 Å². The monoisotopic (exact) mass is 274 g/mol. The van der Waals surface area contributed by atoms with Gasteiger partial charge in [0.2, 0.25) is 0 Å². The van der Waals surface area contributed by atoms with Gasteiger partial charge in [0.25, 0.3) is 0 Å². The standard InChI is InChI=1S/C16H22N2O2/c1-3-18-15-7-5-4-6-13(15)14(17-18)10-16(19)12-8-9-20-11(12)2/h4-7,11-12,16,19H,3,8-10H2,1-2H3. The molecule has 1 N–H and O–H groups in total. The minimum atomic E-state index is -0.379. The molecule has 0 radical (unpaired) electrons. The van der Waals surface area contributed by atoms with Crippen molar-refractivity contribution in [2.24, 2.45) is 5.92 Å². The van der Waals surface area contributed by atoms with Gasteiger partial charge in [0.05, 0.1) is 23.4 Å². The first kappa shape index (κ1) is 13.6. The first-order valence-corrected chi connectivity index (χ1v) is 7.44. The van der Waals surface area contributed by atoms with Crippen molar-refractivity contribution in [3.63, 3.8) is 0 Å². The van der Waals surface area contributed by atoms with Crippen molar-refractivity contribution < 1.29 is 9.84 Å². The van der Waals surface area contributed by atoms with E-state index in [1.807, 2.05) is 23.7 Å². The van der Waals surface area contributed by atoms with Crippen molar-refractivity contribution >= 4 is 10.9 Å². The SMILES string of the molecule is CCn1nc(CC(O)C2CCOC2C)c2ccccc21. The van der Waals surface area contributed by atoms with Gasteiger partial charge in [0.15, 0.2) is 0 Å². The molecule has 3 unspecified atom stereocenters. The minimum absolute atomic E-state index is 0.143. The lowest BCUT2D eigenvalue weighted by atomic mass is 9.92. The van der Waals surface area contributed by atoms with E-state index in [1.165, 1.54) is 0 Å². The van der Waals surface area contributed by atoms with Crippen LogP contribution >= 0.6 is 0 Å². The second-order valence-electron chi connectivity index (χ2n) is 5.58. The van der Waals surface area contributed by atoms with E-state index in [0.717, 1.165) is 36.2 Å². The van der Waals surface area contributed by atoms with Gasteiger partial charge in [-0.3, -0.25) is 4.68 Å². The molecule has 108 valence electrons. The normalized spacial score (nSPS) is 24.4. The molecule has 1 aliphatic heterocycles. The zero-order valence-corrected chi connectivity index (χ0v) is 12.1. The summed E-state index contributed by atoms with van der Waals surface area (Å²) in [5.74, 6) is 0.223. The Morgan fingerprint density at radius 1 is 1.45 bits per heavy atom. The Morgan fingerprint density at radius 3 is 2.95 bits per heavy atom. The van der Waals surface area contributed by atoms with Crippen molar-refractivity contribution in [2.45, 2.75) is 45.4 Å². The topological polar surface area (TPSA) is 47.3 Å². The fraction of sp³-hybridized carbons (Fsp3) is 0.562. The molecular formula is C16H22N2O2. The van der Waals surface area contributed by atoms with Gasteiger partial charge < -0.3 is 9.84 Å². The van der Waals surface area contributed by atoms with Crippen molar-refractivity contribution in [1.82, 2.24) is 9.78 Å². The van der Waals surface area contributed by atoms with Gasteiger partial charge in [-0.05, 0) is 26.3 Å². The molecule has 4 nitrogen and oxygen atoms in total. The Balaban J connectivity index is 1.87. The third kappa shape index (κ3) is 2.34. The highest BCUT2D eigenvalue weighted by Gasteiger charge is 2.31. The number of para-hydroxylation sites is 1. The second kappa shape index (κ2) is 5.54. The van der Waals surface area contributed by atoms with Crippen molar-refractivity contribution in [2.75, 3.05) is 6.61 Å². The van der Waals surface area contributed by atoms with Crippen LogP contribution in [-0.4, -0.2) is 33.7 Å². The first-order valence-electron chi connectivity index (χ1n) is 7.44. The molecular weight excluding hydrogens is 252 g/mol. The van der Waals surface area contributed by atoms with Crippen LogP contribution < -0.4 is 0 Å². The van der Waals surface area contributed by atoms with E-state index in [4.69, 9.17) is 4.74 Å². The Labute approximate surface area is 119 Å². The third-order valence-electron chi connectivity index (χ3n) is 4.37. The lowest BCUT2D eigenvalue weighted by Crippen LogP contribution is -2.28. The average Bonchev–Trinajstić information content (AvgIpc) is 3.03. The Kier molecular flexibility index (Phi) is 3.76. The number of aliphatic hydroxyl groups excluding tert-OH is 1. The van der Waals surface area contributed by atoms with Crippen molar-refractivity contribution in [3.05, 3.63) is 30.0 Å². The molecule has 4 heteroatoms. The summed E-state index contributed by atoms with van der Waals surface area (Å²) in [6.07, 6.45) is 1.31. The van der Waals surface area contributed by atoms with Gasteiger partial charge in [-0.1, -0.05) is 18.2 Å². The van der Waals surface area contributed by atoms with Gasteiger partial charge in [-0.2, -0.15) is 5.10 Å². The highest BCUT2D eigenvalue weighted by Crippen LogP contribution is 2.27. The van der Waals surface area contributed by atoms with Crippen LogP contribution in [0.1, 0.15) is 26.0 Å². The molecule has 0 amide bonds. The van der Waals surface area contributed by atoms with Crippen molar-refractivity contribution in [3.8, 4) is 0 Å². The predicted molar refractivity (Wildman–Crippen MR) is 78.6 cm³/mol. The molecule has 1 saturated heterocycles. The molecule has 2 heterocycles. The van der Waals surface area contributed by atoms with Crippen molar-refractivity contribution in [1.29, 1.82) is 0 Å². The van der Waals surface area contributed by atoms with Gasteiger partial charge in [0, 0.05) is 30.9 Å². The first-order chi connectivity index (χ1) is 9.70. The van der Waals surface area contributed by atoms with Crippen LogP contribution in [0.2, 0.25) is 0 Å². The average molecular weight is 274 g/mol. The van der Waals surface area contributed by atoms with Crippen LogP contribution in [0.3, 0.4) is 0 Å². The smallest absolute Gasteiger partial charge is 0.0729 e. The number of nitrogens with zero attached hydrogens (tertiary/aromatic N) is 2. The van der Waals surface area contributed by atoms with E-state index in [1.54, 1.807) is 0 Å². The summed E-state index contributed by atoms with van der Waals surface area (Å²) >= 11 is 0. The number of aliphatic hydroxyl groups is 1. The molecule has 0 spiro atoms. The molecule has 1 fully saturated rings. The maximum Gasteiger partial charge on any atom is 0.0729 e. The quantitative estimate of drug-likeness (QED) is 0.931. The highest BCUT2D eigenvalue weighted by atomic mass is 16.5. The lowest BCUT2D eigenvalue weighted by Gasteiger charge is -2.20. The molecule has 1 aliphatic rings. The number of fused-ring (bicyclic) bond motifs is 1. The zero-order valence-electron chi connectivity index (χ0n) is 12.1. The molecule has 1 aromatic heterocycles. The van der Waals surface area contributed by atoms with Gasteiger partial charge in [0.1, 0.15) is 0 Å². The largest absolute Gasteiger partial charge is 0.392 e. The maximum absolute atomic E-state index is 10.5. The predicted octanol–water partition coefficient (Wildman–Crippen LogP) is 2.38. The second-order valence-corrected chi connectivity index (χ2v) is 5.58. The summed E-state index contributed by atoms with van der Waals surface area (Å²) in [5.41, 5.74) is 2.14. The molecule has 0 aliphatic carbocycles. The fourth-order valence-electron chi connectivity index (χ4n) is 3.19. The Morgan fingerprint density at radius 2 is 2.25 bits per heavy atom. The fourth-order valence-corrected chi connectivity index (χ4v) is 3.19. The van der Waals surface area contributed by atoms with Crippen LogP contribution in [0.4, 0.5) is 0 Å². The third-order valence-corrected chi connectivity index (χ3v) is 4.37. The number of aromatic nitrogens is 2. The van der Waals surface area contributed by atoms with Gasteiger partial charge in [-0.15, -0.1) is 0 Å². The lowest BCUT2D eigenvalue weighted by molar-refractivity contribution is 0.0437. The molecule has 20 heavy (non-hydrogen) atoms. The summed E-state index contributed by atoms with van der Waals surface area (Å²) in [6.45, 7) is 5.74. The van der Waals surface area contributed by atoms with Gasteiger partial charge in [-0.25, -0.2) is 0 Å². The van der Waals surface area contributed by atoms with E-state index < -0.39 is 0 Å². The molecule has 3 rings (SSSR count). The van der Waals surface area contributed by atoms with Crippen LogP contribution in [0.15, 0.2) is 24.3 Å². The Bertz CT molecular complexity index is 593. The Hall–Kier alpha value is -1.39. The van der Waals surface area contributed by atoms with Crippen LogP contribution in [0, 0.1) is 5.92 Å². The summed E-state index contributed by atoms with van der Waals surface area (Å²) in [5, 5.41) is 16.3. The summed E-state index contributed by atoms with van der Waals surface area (Å²) < 4.78 is 7.56. The summed E-state index contributed by atoms with van der Waals surface area (Å²) in [6, 6.07) is 8.23. The van der Waals surface area contributed by atoms with E-state index in [2.05, 4.69) is 24.2 Å². The number of aryl methyl sites for hydroxylation is 1. The van der Waals surface area contributed by atoms with E-state index >= 15 is 0 Å². The van der Waals surface area contributed by atoms with Crippen LogP contribution in [-0.2, 0) is 17.7 Å². The minimum Gasteiger partial charge on any atom is -0.392 e. The zero-order chi connectivity index (χ0) is 14.1. The number of hydrogen-bond acceptors (Lipinski definition) is 3. The number of hydrogen-bond donors (Lipinski definition) is 1. The molecule has 3 atom stereocenters. The number of ether oxygens (including phenoxy) is 1. The van der Waals surface area contributed by atoms with E-state index in [0.29, 0.717) is 6.42 Å². The molecule has 0 bridgehead atoms. The van der Waals surface area contributed by atoms with Crippen LogP contribution in [0.25, 0.3) is 10.9 Å².